The number of primary amides is 3. The Morgan fingerprint density at radius 1 is 0.537 bits per heavy atom. The van der Waals surface area contributed by atoms with Gasteiger partial charge in [0.25, 0.3) is 0 Å². The van der Waals surface area contributed by atoms with Crippen LogP contribution in [0.1, 0.15) is 121 Å². The van der Waals surface area contributed by atoms with E-state index in [1.807, 2.05) is 20.1 Å². The molecule has 0 unspecified atom stereocenters. The summed E-state index contributed by atoms with van der Waals surface area (Å²) in [5.41, 5.74) is 40.6. The molecule has 10 atom stereocenters. The molecule has 2 heterocycles. The Balaban J connectivity index is 1.56. The zero-order valence-corrected chi connectivity index (χ0v) is 55.3. The molecule has 2 aliphatic rings. The van der Waals surface area contributed by atoms with E-state index in [0.29, 0.717) is 55.4 Å². The number of carbonyl (C=O) groups excluding carboxylic acids is 13. The lowest BCUT2D eigenvalue weighted by Gasteiger charge is -2.32. The van der Waals surface area contributed by atoms with Crippen LogP contribution < -0.4 is 82.7 Å². The minimum atomic E-state index is -1.64. The number of guanidine groups is 1. The second kappa shape index (κ2) is 41.0. The first kappa shape index (κ1) is 78.5. The summed E-state index contributed by atoms with van der Waals surface area (Å²) in [5, 5.41) is 21.1. The molecule has 0 aromatic heterocycles. The number of rotatable bonds is 42. The van der Waals surface area contributed by atoms with Crippen molar-refractivity contribution in [2.24, 2.45) is 51.0 Å². The lowest BCUT2D eigenvalue weighted by atomic mass is 10.0. The van der Waals surface area contributed by atoms with Gasteiger partial charge >= 0.3 is 0 Å². The highest BCUT2D eigenvalue weighted by Crippen LogP contribution is 2.24. The molecule has 0 radical (unpaired) electrons. The van der Waals surface area contributed by atoms with Gasteiger partial charge in [-0.05, 0) is 119 Å². The Labute approximate surface area is 558 Å². The van der Waals surface area contributed by atoms with E-state index in [1.54, 1.807) is 60.7 Å². The standard InChI is InChI=1S/C63H98N18O13S/c1-37(2)33-45(57(89)74-41(53(68)85)27-32-95-3)73-52(84)36-72-54(86)46(34-38-15-6-4-7-16-38)78-58(90)47(35-39-17-8-5-9-18-39)79-56(88)42(23-25-50(66)82)75-55(87)43(24-26-51(67)83)76-59(91)49-22-14-31-81(49)62(94)44(20-10-11-28-64)77-60(92)48-21-13-30-80(48)61(93)40(65)19-12-29-71-63(69)70/h4-9,15-18,37,40-49H,10-14,19-36,64-65H2,1-3H3,(H2,66,82)(H2,67,83)(H2,68,85)(H,72,86)(H,73,84)(H,74,89)(H,75,87)(H,76,91)(H,77,92)(H,78,90)(H,79,88)(H4,69,70,71)/t40-,41+,42-,43+,44+,45-,46+,47-,48-,49+/m1/s1. The number of nitrogens with zero attached hydrogens (tertiary/aromatic N) is 3. The molecule has 13 amide bonds. The molecule has 0 aliphatic carbocycles. The van der Waals surface area contributed by atoms with Crippen molar-refractivity contribution in [1.82, 2.24) is 52.3 Å². The van der Waals surface area contributed by atoms with E-state index < -0.39 is 169 Å². The second-order valence-corrected chi connectivity index (χ2v) is 25.1. The van der Waals surface area contributed by atoms with E-state index >= 15 is 0 Å². The molecular weight excluding hydrogens is 1250 g/mol. The van der Waals surface area contributed by atoms with Crippen molar-refractivity contribution in [1.29, 1.82) is 0 Å². The minimum Gasteiger partial charge on any atom is -0.370 e. The number of benzene rings is 2. The van der Waals surface area contributed by atoms with Crippen molar-refractivity contribution in [2.75, 3.05) is 44.7 Å². The highest BCUT2D eigenvalue weighted by atomic mass is 32.2. The van der Waals surface area contributed by atoms with Crippen LogP contribution in [-0.4, -0.2) is 198 Å². The summed E-state index contributed by atoms with van der Waals surface area (Å²) in [4.78, 5) is 185. The number of hydrogen-bond donors (Lipinski definition) is 15. The van der Waals surface area contributed by atoms with Gasteiger partial charge < -0.3 is 92.5 Å². The van der Waals surface area contributed by atoms with Gasteiger partial charge in [0.05, 0.1) is 12.6 Å². The predicted octanol–water partition coefficient (Wildman–Crippen LogP) is -3.71. The van der Waals surface area contributed by atoms with Crippen LogP contribution in [0.15, 0.2) is 65.7 Å². The summed E-state index contributed by atoms with van der Waals surface area (Å²) in [6.45, 7) is 3.86. The number of thioether (sulfide) groups is 1. The normalized spacial score (nSPS) is 16.8. The molecule has 2 aromatic rings. The number of hydrogen-bond acceptors (Lipinski definition) is 17. The Morgan fingerprint density at radius 2 is 1.01 bits per heavy atom. The van der Waals surface area contributed by atoms with Gasteiger partial charge in [-0.2, -0.15) is 11.8 Å². The average Bonchev–Trinajstić information content (AvgIpc) is 1.74. The molecule has 0 saturated carbocycles. The fourth-order valence-electron chi connectivity index (χ4n) is 11.0. The van der Waals surface area contributed by atoms with Crippen LogP contribution in [0.5, 0.6) is 0 Å². The van der Waals surface area contributed by atoms with Crippen molar-refractivity contribution < 1.29 is 62.3 Å². The summed E-state index contributed by atoms with van der Waals surface area (Å²) in [5.74, 6) is -9.80. The summed E-state index contributed by atoms with van der Waals surface area (Å²) >= 11 is 1.45. The van der Waals surface area contributed by atoms with Crippen LogP contribution in [0.2, 0.25) is 0 Å². The van der Waals surface area contributed by atoms with Crippen molar-refractivity contribution >= 4 is 94.5 Å². The van der Waals surface area contributed by atoms with Crippen molar-refractivity contribution in [3.8, 4) is 0 Å². The number of unbranched alkanes of at least 4 members (excludes halogenated alkanes) is 1. The topological polar surface area (TPSA) is 519 Å². The largest absolute Gasteiger partial charge is 0.370 e. The SMILES string of the molecule is CSCC[C@H](NC(=O)[C@@H](CC(C)C)NC(=O)CNC(=O)[C@H](Cc1ccccc1)NC(=O)[C@@H](Cc1ccccc1)NC(=O)[C@@H](CCC(N)=O)NC(=O)[C@H](CCC(N)=O)NC(=O)[C@@H]1CCCN1C(=O)[C@H](CCCCN)NC(=O)[C@H]1CCCN1C(=O)[C@H](N)CCCN=C(N)N)C(N)=O. The van der Waals surface area contributed by atoms with Gasteiger partial charge in [-0.3, -0.25) is 67.3 Å². The van der Waals surface area contributed by atoms with E-state index in [2.05, 4.69) is 47.5 Å². The van der Waals surface area contributed by atoms with Crippen molar-refractivity contribution in [3.63, 3.8) is 0 Å². The zero-order chi connectivity index (χ0) is 70.1. The van der Waals surface area contributed by atoms with Crippen LogP contribution in [0.25, 0.3) is 0 Å². The molecular formula is C63H98N18O13S. The molecule has 0 bridgehead atoms. The van der Waals surface area contributed by atoms with Crippen LogP contribution >= 0.6 is 11.8 Å². The molecule has 2 aliphatic heterocycles. The van der Waals surface area contributed by atoms with E-state index in [9.17, 15) is 62.3 Å². The predicted molar refractivity (Wildman–Crippen MR) is 356 cm³/mol. The van der Waals surface area contributed by atoms with Gasteiger partial charge in [0.2, 0.25) is 76.8 Å². The molecule has 0 spiro atoms. The lowest BCUT2D eigenvalue weighted by molar-refractivity contribution is -0.144. The second-order valence-electron chi connectivity index (χ2n) is 24.1. The maximum Gasteiger partial charge on any atom is 0.245 e. The third-order valence-corrected chi connectivity index (χ3v) is 16.7. The molecule has 4 rings (SSSR count). The van der Waals surface area contributed by atoms with Gasteiger partial charge in [0.15, 0.2) is 5.96 Å². The van der Waals surface area contributed by atoms with Gasteiger partial charge in [-0.25, -0.2) is 0 Å². The fraction of sp³-hybridized carbons (Fsp3) is 0.587. The van der Waals surface area contributed by atoms with Gasteiger partial charge in [0, 0.05) is 45.3 Å². The van der Waals surface area contributed by atoms with Crippen molar-refractivity contribution in [2.45, 2.75) is 183 Å². The minimum absolute atomic E-state index is 0.0736. The Bertz CT molecular complexity index is 2960. The van der Waals surface area contributed by atoms with Gasteiger partial charge in [0.1, 0.15) is 54.4 Å². The first-order valence-corrected chi connectivity index (χ1v) is 33.6. The molecule has 524 valence electrons. The van der Waals surface area contributed by atoms with E-state index in [4.69, 9.17) is 40.1 Å². The highest BCUT2D eigenvalue weighted by Gasteiger charge is 2.42. The number of carbonyl (C=O) groups is 13. The molecule has 2 fully saturated rings. The third-order valence-electron chi connectivity index (χ3n) is 16.0. The molecule has 32 heteroatoms. The molecule has 31 nitrogen and oxygen atoms in total. The first-order valence-electron chi connectivity index (χ1n) is 32.2. The van der Waals surface area contributed by atoms with E-state index in [1.165, 1.54) is 21.6 Å². The average molecular weight is 1350 g/mol. The highest BCUT2D eigenvalue weighted by molar-refractivity contribution is 7.98. The van der Waals surface area contributed by atoms with Crippen LogP contribution in [0.3, 0.4) is 0 Å². The van der Waals surface area contributed by atoms with Gasteiger partial charge in [-0.15, -0.1) is 0 Å². The molecule has 22 N–H and O–H groups in total. The van der Waals surface area contributed by atoms with E-state index in [0.717, 1.165) is 0 Å². The monoisotopic (exact) mass is 1350 g/mol. The van der Waals surface area contributed by atoms with Crippen molar-refractivity contribution in [3.05, 3.63) is 71.8 Å². The number of nitrogens with one attached hydrogen (secondary N) is 8. The fourth-order valence-corrected chi connectivity index (χ4v) is 11.5. The maximum atomic E-state index is 14.7. The Kier molecular flexibility index (Phi) is 33.9. The number of aliphatic imine (C=N–C) groups is 1. The summed E-state index contributed by atoms with van der Waals surface area (Å²) in [7, 11) is 0. The molecule has 2 saturated heterocycles. The molecule has 95 heavy (non-hydrogen) atoms. The summed E-state index contributed by atoms with van der Waals surface area (Å²) in [6.07, 6.45) is 3.12. The third kappa shape index (κ3) is 27.5. The summed E-state index contributed by atoms with van der Waals surface area (Å²) in [6, 6.07) is 4.51. The number of likely N-dealkylation sites (tertiary alicyclic amines) is 2. The van der Waals surface area contributed by atoms with Crippen LogP contribution in [-0.2, 0) is 75.2 Å². The first-order chi connectivity index (χ1) is 45.2. The van der Waals surface area contributed by atoms with Crippen LogP contribution in [0, 0.1) is 5.92 Å². The quantitative estimate of drug-likeness (QED) is 0.0173. The number of nitrogens with two attached hydrogens (primary N) is 7. The maximum absolute atomic E-state index is 14.7. The zero-order valence-electron chi connectivity index (χ0n) is 54.5. The summed E-state index contributed by atoms with van der Waals surface area (Å²) < 4.78 is 0. The Hall–Kier alpha value is -8.91. The Morgan fingerprint density at radius 3 is 1.51 bits per heavy atom. The van der Waals surface area contributed by atoms with Gasteiger partial charge in [-0.1, -0.05) is 74.5 Å². The smallest absolute Gasteiger partial charge is 0.245 e. The van der Waals surface area contributed by atoms with Crippen LogP contribution in [0.4, 0.5) is 0 Å². The molecule has 2 aromatic carbocycles. The number of amides is 13. The van der Waals surface area contributed by atoms with E-state index in [-0.39, 0.29) is 83.0 Å². The lowest BCUT2D eigenvalue weighted by Crippen LogP contribution is -2.60.